The summed E-state index contributed by atoms with van der Waals surface area (Å²) in [4.78, 5) is 5.06. The highest BCUT2D eigenvalue weighted by atomic mass is 16.5. The molecular weight excluding hydrogens is 236 g/mol. The molecule has 0 aromatic heterocycles. The van der Waals surface area contributed by atoms with Crippen LogP contribution in [-0.4, -0.2) is 44.2 Å². The van der Waals surface area contributed by atoms with E-state index in [4.69, 9.17) is 4.74 Å². The molecular formula is C16H24N2O. The zero-order valence-electron chi connectivity index (χ0n) is 12.2. The standard InChI is InChI=1S/C14H18N2O.C2H6/c1-15-6-5-12-11(9-15)10-3-2-4-13-14(10)16(12)7-8-17-13;1-2/h2-4,11-12H,5-9H2,1H3;1-2H3/t11-,12-;/m0./s1. The zero-order chi connectivity index (χ0) is 13.4. The highest BCUT2D eigenvalue weighted by molar-refractivity contribution is 5.71. The maximum absolute atomic E-state index is 5.79. The Balaban J connectivity index is 0.000000528. The van der Waals surface area contributed by atoms with E-state index in [0.29, 0.717) is 12.0 Å². The number of likely N-dealkylation sites (N-methyl/N-ethyl adjacent to an activating group) is 1. The van der Waals surface area contributed by atoms with Crippen molar-refractivity contribution in [2.24, 2.45) is 0 Å². The Morgan fingerprint density at radius 2 is 2.05 bits per heavy atom. The summed E-state index contributed by atoms with van der Waals surface area (Å²) in [6.07, 6.45) is 1.29. The van der Waals surface area contributed by atoms with Crippen molar-refractivity contribution in [3.05, 3.63) is 23.8 Å². The Bertz CT molecular complexity index is 460. The summed E-state index contributed by atoms with van der Waals surface area (Å²) in [5.74, 6) is 1.79. The van der Waals surface area contributed by atoms with E-state index >= 15 is 0 Å². The number of benzene rings is 1. The van der Waals surface area contributed by atoms with Gasteiger partial charge in [0.25, 0.3) is 0 Å². The van der Waals surface area contributed by atoms with Gasteiger partial charge in [-0.1, -0.05) is 26.0 Å². The molecule has 3 aliphatic rings. The van der Waals surface area contributed by atoms with Gasteiger partial charge in [-0.25, -0.2) is 0 Å². The molecule has 1 fully saturated rings. The minimum Gasteiger partial charge on any atom is -0.490 e. The Morgan fingerprint density at radius 1 is 1.21 bits per heavy atom. The van der Waals surface area contributed by atoms with Crippen LogP contribution >= 0.6 is 0 Å². The van der Waals surface area contributed by atoms with Gasteiger partial charge in [0.1, 0.15) is 12.4 Å². The van der Waals surface area contributed by atoms with Crippen LogP contribution in [0.25, 0.3) is 0 Å². The third kappa shape index (κ3) is 1.91. The molecule has 0 radical (unpaired) electrons. The van der Waals surface area contributed by atoms with Gasteiger partial charge in [0.15, 0.2) is 0 Å². The average Bonchev–Trinajstić information content (AvgIpc) is 2.78. The first-order valence-corrected chi connectivity index (χ1v) is 7.55. The van der Waals surface area contributed by atoms with Gasteiger partial charge in [-0.15, -0.1) is 0 Å². The summed E-state index contributed by atoms with van der Waals surface area (Å²) in [5.41, 5.74) is 2.91. The number of hydrogen-bond acceptors (Lipinski definition) is 3. The minimum atomic E-state index is 0.686. The van der Waals surface area contributed by atoms with Crippen molar-refractivity contribution in [2.75, 3.05) is 38.2 Å². The van der Waals surface area contributed by atoms with Crippen LogP contribution in [0.3, 0.4) is 0 Å². The second-order valence-electron chi connectivity index (χ2n) is 5.46. The molecule has 1 aromatic rings. The summed E-state index contributed by atoms with van der Waals surface area (Å²) >= 11 is 0. The van der Waals surface area contributed by atoms with Crippen LogP contribution in [0.4, 0.5) is 5.69 Å². The van der Waals surface area contributed by atoms with Crippen LogP contribution in [-0.2, 0) is 0 Å². The number of likely N-dealkylation sites (tertiary alicyclic amines) is 1. The van der Waals surface area contributed by atoms with Gasteiger partial charge in [0.2, 0.25) is 0 Å². The minimum absolute atomic E-state index is 0.686. The molecule has 0 aliphatic carbocycles. The molecule has 0 amide bonds. The van der Waals surface area contributed by atoms with Gasteiger partial charge < -0.3 is 14.5 Å². The van der Waals surface area contributed by atoms with E-state index in [1.165, 1.54) is 30.8 Å². The fraction of sp³-hybridized carbons (Fsp3) is 0.625. The number of hydrogen-bond donors (Lipinski definition) is 0. The molecule has 0 saturated carbocycles. The van der Waals surface area contributed by atoms with Gasteiger partial charge in [-0.2, -0.15) is 0 Å². The largest absolute Gasteiger partial charge is 0.490 e. The van der Waals surface area contributed by atoms with Crippen LogP contribution in [0.15, 0.2) is 18.2 Å². The van der Waals surface area contributed by atoms with Crippen LogP contribution in [0.1, 0.15) is 31.7 Å². The molecule has 2 atom stereocenters. The number of ether oxygens (including phenoxy) is 1. The molecule has 0 spiro atoms. The van der Waals surface area contributed by atoms with Crippen molar-refractivity contribution < 1.29 is 4.74 Å². The van der Waals surface area contributed by atoms with E-state index in [1.54, 1.807) is 0 Å². The summed E-state index contributed by atoms with van der Waals surface area (Å²) in [7, 11) is 2.23. The maximum Gasteiger partial charge on any atom is 0.142 e. The summed E-state index contributed by atoms with van der Waals surface area (Å²) in [6, 6.07) is 7.27. The highest BCUT2D eigenvalue weighted by Crippen LogP contribution is 2.49. The number of para-hydroxylation sites is 1. The lowest BCUT2D eigenvalue weighted by atomic mass is 9.89. The fourth-order valence-electron chi connectivity index (χ4n) is 3.74. The Hall–Kier alpha value is -1.22. The van der Waals surface area contributed by atoms with E-state index in [0.717, 1.165) is 18.9 Å². The molecule has 3 nitrogen and oxygen atoms in total. The van der Waals surface area contributed by atoms with Crippen molar-refractivity contribution in [1.82, 2.24) is 4.90 Å². The van der Waals surface area contributed by atoms with E-state index in [1.807, 2.05) is 13.8 Å². The molecule has 1 saturated heterocycles. The van der Waals surface area contributed by atoms with Crippen molar-refractivity contribution in [3.8, 4) is 5.75 Å². The third-order valence-corrected chi connectivity index (χ3v) is 4.49. The molecule has 3 heteroatoms. The third-order valence-electron chi connectivity index (χ3n) is 4.49. The van der Waals surface area contributed by atoms with Crippen molar-refractivity contribution in [3.63, 3.8) is 0 Å². The molecule has 1 aromatic carbocycles. The van der Waals surface area contributed by atoms with Crippen molar-refractivity contribution in [1.29, 1.82) is 0 Å². The van der Waals surface area contributed by atoms with Crippen LogP contribution in [0.2, 0.25) is 0 Å². The number of anilines is 1. The van der Waals surface area contributed by atoms with Crippen LogP contribution < -0.4 is 9.64 Å². The zero-order valence-corrected chi connectivity index (χ0v) is 12.2. The first-order chi connectivity index (χ1) is 9.34. The number of piperidine rings is 1. The number of rotatable bonds is 0. The predicted molar refractivity (Wildman–Crippen MR) is 79.3 cm³/mol. The first kappa shape index (κ1) is 12.8. The lowest BCUT2D eigenvalue weighted by Gasteiger charge is -2.38. The smallest absolute Gasteiger partial charge is 0.142 e. The topological polar surface area (TPSA) is 15.7 Å². The normalized spacial score (nSPS) is 27.8. The molecule has 0 unspecified atom stereocenters. The lowest BCUT2D eigenvalue weighted by Crippen LogP contribution is -2.46. The Kier molecular flexibility index (Phi) is 3.40. The second kappa shape index (κ2) is 5.04. The van der Waals surface area contributed by atoms with E-state index in [2.05, 4.69) is 35.0 Å². The molecule has 4 rings (SSSR count). The monoisotopic (exact) mass is 260 g/mol. The Labute approximate surface area is 116 Å². The van der Waals surface area contributed by atoms with E-state index < -0.39 is 0 Å². The predicted octanol–water partition coefficient (Wildman–Crippen LogP) is 2.71. The van der Waals surface area contributed by atoms with Gasteiger partial charge in [-0.05, 0) is 31.6 Å². The number of fused-ring (bicyclic) bond motifs is 3. The quantitative estimate of drug-likeness (QED) is 0.713. The molecule has 3 heterocycles. The van der Waals surface area contributed by atoms with Gasteiger partial charge in [-0.3, -0.25) is 0 Å². The van der Waals surface area contributed by atoms with Crippen molar-refractivity contribution in [2.45, 2.75) is 32.2 Å². The molecule has 0 N–H and O–H groups in total. The van der Waals surface area contributed by atoms with Crippen molar-refractivity contribution >= 4 is 5.69 Å². The van der Waals surface area contributed by atoms with Crippen LogP contribution in [0, 0.1) is 0 Å². The maximum atomic E-state index is 5.79. The second-order valence-corrected chi connectivity index (χ2v) is 5.46. The molecule has 19 heavy (non-hydrogen) atoms. The summed E-state index contributed by atoms with van der Waals surface area (Å²) in [5, 5.41) is 0. The molecule has 104 valence electrons. The highest BCUT2D eigenvalue weighted by Gasteiger charge is 2.43. The van der Waals surface area contributed by atoms with E-state index in [9.17, 15) is 0 Å². The first-order valence-electron chi connectivity index (χ1n) is 7.55. The fourth-order valence-corrected chi connectivity index (χ4v) is 3.74. The SMILES string of the molecule is CC.CN1CC[C@H]2[C@@H](C1)c1cccc3c1N2CCO3. The van der Waals surface area contributed by atoms with E-state index in [-0.39, 0.29) is 0 Å². The number of nitrogens with zero attached hydrogens (tertiary/aromatic N) is 2. The van der Waals surface area contributed by atoms with Gasteiger partial charge in [0, 0.05) is 18.5 Å². The van der Waals surface area contributed by atoms with Crippen LogP contribution in [0.5, 0.6) is 5.75 Å². The Morgan fingerprint density at radius 3 is 2.89 bits per heavy atom. The summed E-state index contributed by atoms with van der Waals surface area (Å²) in [6.45, 7) is 8.32. The van der Waals surface area contributed by atoms with Gasteiger partial charge >= 0.3 is 0 Å². The lowest BCUT2D eigenvalue weighted by molar-refractivity contribution is 0.224. The van der Waals surface area contributed by atoms with Gasteiger partial charge in [0.05, 0.1) is 12.2 Å². The average molecular weight is 260 g/mol. The molecule has 3 aliphatic heterocycles. The molecule has 0 bridgehead atoms. The summed E-state index contributed by atoms with van der Waals surface area (Å²) < 4.78 is 5.79.